The lowest BCUT2D eigenvalue weighted by molar-refractivity contribution is 0.117. The molecule has 2 N–H and O–H groups in total. The molecule has 0 saturated carbocycles. The van der Waals surface area contributed by atoms with Crippen LogP contribution in [0.25, 0.3) is 0 Å². The van der Waals surface area contributed by atoms with Gasteiger partial charge >= 0.3 is 0 Å². The van der Waals surface area contributed by atoms with Crippen LogP contribution < -0.4 is 5.73 Å². The zero-order chi connectivity index (χ0) is 10.8. The number of hydrogen-bond acceptors (Lipinski definition) is 2. The second-order valence-corrected chi connectivity index (χ2v) is 3.74. The zero-order valence-electron chi connectivity index (χ0n) is 9.32. The van der Waals surface area contributed by atoms with Gasteiger partial charge in [-0.25, -0.2) is 0 Å². The van der Waals surface area contributed by atoms with Gasteiger partial charge in [-0.1, -0.05) is 43.2 Å². The number of ether oxygens (including phenoxy) is 1. The van der Waals surface area contributed by atoms with E-state index in [0.717, 1.165) is 32.6 Å². The molecule has 0 aliphatic rings. The molecule has 2 nitrogen and oxygen atoms in total. The molecular formula is C13H21NO. The van der Waals surface area contributed by atoms with Gasteiger partial charge in [0.05, 0.1) is 6.61 Å². The van der Waals surface area contributed by atoms with E-state index in [1.807, 2.05) is 18.2 Å². The molecule has 0 aromatic heterocycles. The topological polar surface area (TPSA) is 35.2 Å². The molecule has 0 heterocycles. The molecule has 2 heteroatoms. The molecule has 0 unspecified atom stereocenters. The Labute approximate surface area is 92.4 Å². The first-order chi connectivity index (χ1) is 7.43. The Bertz CT molecular complexity index is 236. The molecule has 0 fully saturated rings. The van der Waals surface area contributed by atoms with Crippen molar-refractivity contribution < 1.29 is 4.74 Å². The first-order valence-corrected chi connectivity index (χ1v) is 5.75. The van der Waals surface area contributed by atoms with Crippen molar-refractivity contribution in [2.75, 3.05) is 13.2 Å². The Kier molecular flexibility index (Phi) is 6.88. The smallest absolute Gasteiger partial charge is 0.0716 e. The van der Waals surface area contributed by atoms with Gasteiger partial charge in [-0.05, 0) is 24.9 Å². The van der Waals surface area contributed by atoms with Crippen molar-refractivity contribution in [3.8, 4) is 0 Å². The average Bonchev–Trinajstić information content (AvgIpc) is 2.29. The minimum absolute atomic E-state index is 0.734. The molecule has 0 bridgehead atoms. The van der Waals surface area contributed by atoms with E-state index in [1.165, 1.54) is 18.4 Å². The molecule has 0 aliphatic carbocycles. The van der Waals surface area contributed by atoms with Gasteiger partial charge in [0, 0.05) is 6.61 Å². The Balaban J connectivity index is 1.93. The summed E-state index contributed by atoms with van der Waals surface area (Å²) in [5, 5.41) is 0. The molecule has 1 rings (SSSR count). The molecular weight excluding hydrogens is 186 g/mol. The van der Waals surface area contributed by atoms with Gasteiger partial charge in [-0.15, -0.1) is 0 Å². The number of benzene rings is 1. The Morgan fingerprint density at radius 1 is 0.933 bits per heavy atom. The van der Waals surface area contributed by atoms with Crippen molar-refractivity contribution in [1.29, 1.82) is 0 Å². The molecule has 1 aromatic carbocycles. The summed E-state index contributed by atoms with van der Waals surface area (Å²) in [7, 11) is 0. The SMILES string of the molecule is NCCCCCCOCc1ccccc1. The summed E-state index contributed by atoms with van der Waals surface area (Å²) >= 11 is 0. The molecule has 0 amide bonds. The third kappa shape index (κ3) is 6.26. The predicted molar refractivity (Wildman–Crippen MR) is 63.6 cm³/mol. The Morgan fingerprint density at radius 3 is 2.40 bits per heavy atom. The maximum atomic E-state index is 5.57. The lowest BCUT2D eigenvalue weighted by atomic mass is 10.2. The molecule has 15 heavy (non-hydrogen) atoms. The van der Waals surface area contributed by atoms with Gasteiger partial charge in [0.2, 0.25) is 0 Å². The third-order valence-electron chi connectivity index (χ3n) is 2.35. The fraction of sp³-hybridized carbons (Fsp3) is 0.538. The number of hydrogen-bond donors (Lipinski definition) is 1. The first kappa shape index (κ1) is 12.2. The summed E-state index contributed by atoms with van der Waals surface area (Å²) in [5.41, 5.74) is 6.66. The van der Waals surface area contributed by atoms with Gasteiger partial charge < -0.3 is 10.5 Å². The molecule has 84 valence electrons. The third-order valence-corrected chi connectivity index (χ3v) is 2.35. The van der Waals surface area contributed by atoms with Crippen LogP contribution in [0.2, 0.25) is 0 Å². The Hall–Kier alpha value is -0.860. The fourth-order valence-electron chi connectivity index (χ4n) is 1.47. The van der Waals surface area contributed by atoms with Gasteiger partial charge in [0.25, 0.3) is 0 Å². The normalized spacial score (nSPS) is 10.5. The molecule has 0 atom stereocenters. The van der Waals surface area contributed by atoms with E-state index in [2.05, 4.69) is 12.1 Å². The largest absolute Gasteiger partial charge is 0.377 e. The Morgan fingerprint density at radius 2 is 1.67 bits per heavy atom. The molecule has 0 saturated heterocycles. The monoisotopic (exact) mass is 207 g/mol. The van der Waals surface area contributed by atoms with E-state index in [4.69, 9.17) is 10.5 Å². The summed E-state index contributed by atoms with van der Waals surface area (Å²) < 4.78 is 5.57. The predicted octanol–water partition coefficient (Wildman–Crippen LogP) is 2.72. The van der Waals surface area contributed by atoms with Crippen LogP contribution in [0.1, 0.15) is 31.2 Å². The van der Waals surface area contributed by atoms with E-state index < -0.39 is 0 Å². The fourth-order valence-corrected chi connectivity index (χ4v) is 1.47. The lowest BCUT2D eigenvalue weighted by Crippen LogP contribution is -1.99. The highest BCUT2D eigenvalue weighted by atomic mass is 16.5. The van der Waals surface area contributed by atoms with E-state index in [9.17, 15) is 0 Å². The van der Waals surface area contributed by atoms with Crippen molar-refractivity contribution in [2.24, 2.45) is 5.73 Å². The molecule has 0 aliphatic heterocycles. The molecule has 0 radical (unpaired) electrons. The van der Waals surface area contributed by atoms with E-state index in [1.54, 1.807) is 0 Å². The summed E-state index contributed by atoms with van der Waals surface area (Å²) in [6.07, 6.45) is 4.74. The highest BCUT2D eigenvalue weighted by molar-refractivity contribution is 5.13. The number of nitrogens with two attached hydrogens (primary N) is 1. The van der Waals surface area contributed by atoms with Crippen molar-refractivity contribution in [2.45, 2.75) is 32.3 Å². The van der Waals surface area contributed by atoms with Crippen molar-refractivity contribution in [3.63, 3.8) is 0 Å². The minimum Gasteiger partial charge on any atom is -0.377 e. The average molecular weight is 207 g/mol. The standard InChI is InChI=1S/C13H21NO/c14-10-6-1-2-7-11-15-12-13-8-4-3-5-9-13/h3-5,8-9H,1-2,6-7,10-12,14H2. The summed E-state index contributed by atoms with van der Waals surface area (Å²) in [5.74, 6) is 0. The van der Waals surface area contributed by atoms with E-state index in [0.29, 0.717) is 0 Å². The zero-order valence-corrected chi connectivity index (χ0v) is 9.32. The van der Waals surface area contributed by atoms with Crippen LogP contribution in [0.5, 0.6) is 0 Å². The highest BCUT2D eigenvalue weighted by Crippen LogP contribution is 2.03. The van der Waals surface area contributed by atoms with Crippen LogP contribution in [-0.2, 0) is 11.3 Å². The van der Waals surface area contributed by atoms with Crippen LogP contribution in [-0.4, -0.2) is 13.2 Å². The van der Waals surface area contributed by atoms with Crippen LogP contribution >= 0.6 is 0 Å². The van der Waals surface area contributed by atoms with Crippen LogP contribution in [0.4, 0.5) is 0 Å². The van der Waals surface area contributed by atoms with Gasteiger partial charge in [-0.2, -0.15) is 0 Å². The second-order valence-electron chi connectivity index (χ2n) is 3.74. The van der Waals surface area contributed by atoms with Crippen LogP contribution in [0.15, 0.2) is 30.3 Å². The number of unbranched alkanes of at least 4 members (excludes halogenated alkanes) is 3. The van der Waals surface area contributed by atoms with Crippen molar-refractivity contribution in [1.82, 2.24) is 0 Å². The number of rotatable bonds is 8. The summed E-state index contributed by atoms with van der Waals surface area (Å²) in [6, 6.07) is 10.3. The van der Waals surface area contributed by atoms with Gasteiger partial charge in [0.1, 0.15) is 0 Å². The summed E-state index contributed by atoms with van der Waals surface area (Å²) in [4.78, 5) is 0. The minimum atomic E-state index is 0.734. The first-order valence-electron chi connectivity index (χ1n) is 5.75. The van der Waals surface area contributed by atoms with Crippen molar-refractivity contribution in [3.05, 3.63) is 35.9 Å². The maximum Gasteiger partial charge on any atom is 0.0716 e. The lowest BCUT2D eigenvalue weighted by Gasteiger charge is -2.03. The summed E-state index contributed by atoms with van der Waals surface area (Å²) in [6.45, 7) is 2.40. The van der Waals surface area contributed by atoms with Gasteiger partial charge in [0.15, 0.2) is 0 Å². The molecule has 0 spiro atoms. The quantitative estimate of drug-likeness (QED) is 0.665. The maximum absolute atomic E-state index is 5.57. The van der Waals surface area contributed by atoms with E-state index >= 15 is 0 Å². The van der Waals surface area contributed by atoms with Gasteiger partial charge in [-0.3, -0.25) is 0 Å². The van der Waals surface area contributed by atoms with Crippen LogP contribution in [0, 0.1) is 0 Å². The highest BCUT2D eigenvalue weighted by Gasteiger charge is 1.92. The van der Waals surface area contributed by atoms with Crippen molar-refractivity contribution >= 4 is 0 Å². The second kappa shape index (κ2) is 8.45. The molecule has 1 aromatic rings. The van der Waals surface area contributed by atoms with E-state index in [-0.39, 0.29) is 0 Å². The van der Waals surface area contributed by atoms with Crippen LogP contribution in [0.3, 0.4) is 0 Å².